The lowest BCUT2D eigenvalue weighted by molar-refractivity contribution is 0.0693. The zero-order chi connectivity index (χ0) is 12.7. The van der Waals surface area contributed by atoms with E-state index in [2.05, 4.69) is 13.1 Å². The van der Waals surface area contributed by atoms with Crippen LogP contribution in [0.1, 0.15) is 20.7 Å². The fourth-order valence-electron chi connectivity index (χ4n) is 2.20. The zero-order valence-electron chi connectivity index (χ0n) is 10.4. The summed E-state index contributed by atoms with van der Waals surface area (Å²) in [5, 5.41) is 0.952. The minimum absolute atomic E-state index is 0.208. The maximum atomic E-state index is 12.1. The van der Waals surface area contributed by atoms with Crippen molar-refractivity contribution in [3.63, 3.8) is 0 Å². The third kappa shape index (κ3) is 1.58. The number of benzene rings is 1. The normalized spacial score (nSPS) is 14.5. The standard InChI is InChI=1S/C12H15NO3Si/c1-13-11(14)7-5-6-8(16-2)10(17(3)4)9(7)12(13)15/h5-6,17H,1-4H3. The number of carbonyl (C=O) groups excluding carboxylic acids is 2. The summed E-state index contributed by atoms with van der Waals surface area (Å²) in [6, 6.07) is 3.46. The molecule has 0 spiro atoms. The van der Waals surface area contributed by atoms with E-state index in [1.165, 1.54) is 11.9 Å². The number of carbonyl (C=O) groups is 2. The molecule has 0 saturated heterocycles. The molecule has 1 aromatic carbocycles. The van der Waals surface area contributed by atoms with Crippen molar-refractivity contribution in [2.45, 2.75) is 13.1 Å². The van der Waals surface area contributed by atoms with Gasteiger partial charge in [-0.2, -0.15) is 0 Å². The van der Waals surface area contributed by atoms with Crippen LogP contribution in [0.15, 0.2) is 12.1 Å². The molecule has 1 aliphatic heterocycles. The highest BCUT2D eigenvalue weighted by atomic mass is 28.3. The minimum atomic E-state index is -1.25. The van der Waals surface area contributed by atoms with E-state index in [-0.39, 0.29) is 11.8 Å². The SMILES string of the molecule is COc1ccc2c(c1[SiH](C)C)C(=O)N(C)C2=O. The van der Waals surface area contributed by atoms with Crippen molar-refractivity contribution in [1.29, 1.82) is 0 Å². The molecule has 17 heavy (non-hydrogen) atoms. The second-order valence-electron chi connectivity index (χ2n) is 4.43. The van der Waals surface area contributed by atoms with E-state index < -0.39 is 8.80 Å². The average molecular weight is 249 g/mol. The first-order valence-corrected chi connectivity index (χ1v) is 8.41. The Labute approximate surface area is 102 Å². The second kappa shape index (κ2) is 3.99. The molecule has 1 aliphatic rings. The number of ether oxygens (including phenoxy) is 1. The highest BCUT2D eigenvalue weighted by Gasteiger charge is 2.36. The molecule has 0 aromatic heterocycles. The smallest absolute Gasteiger partial charge is 0.261 e. The Morgan fingerprint density at radius 2 is 1.82 bits per heavy atom. The first-order chi connectivity index (χ1) is 7.99. The van der Waals surface area contributed by atoms with E-state index in [0.717, 1.165) is 10.9 Å². The summed E-state index contributed by atoms with van der Waals surface area (Å²) in [4.78, 5) is 25.1. The maximum Gasteiger partial charge on any atom is 0.261 e. The third-order valence-electron chi connectivity index (χ3n) is 3.06. The fraction of sp³-hybridized carbons (Fsp3) is 0.333. The van der Waals surface area contributed by atoms with Crippen LogP contribution in [-0.4, -0.2) is 39.7 Å². The first-order valence-electron chi connectivity index (χ1n) is 5.52. The maximum absolute atomic E-state index is 12.1. The molecule has 0 bridgehead atoms. The van der Waals surface area contributed by atoms with E-state index in [1.54, 1.807) is 19.2 Å². The van der Waals surface area contributed by atoms with Gasteiger partial charge in [0, 0.05) is 7.05 Å². The summed E-state index contributed by atoms with van der Waals surface area (Å²) < 4.78 is 5.30. The molecule has 0 fully saturated rings. The van der Waals surface area contributed by atoms with Gasteiger partial charge >= 0.3 is 0 Å². The molecule has 90 valence electrons. The van der Waals surface area contributed by atoms with Crippen LogP contribution in [-0.2, 0) is 0 Å². The summed E-state index contributed by atoms with van der Waals surface area (Å²) in [5.41, 5.74) is 1.06. The third-order valence-corrected chi connectivity index (χ3v) is 4.78. The Morgan fingerprint density at radius 3 is 2.35 bits per heavy atom. The number of hydrogen-bond donors (Lipinski definition) is 0. The number of rotatable bonds is 2. The number of fused-ring (bicyclic) bond motifs is 1. The molecule has 2 amide bonds. The predicted octanol–water partition coefficient (Wildman–Crippen LogP) is 0.615. The predicted molar refractivity (Wildman–Crippen MR) is 67.9 cm³/mol. The van der Waals surface area contributed by atoms with E-state index in [9.17, 15) is 9.59 Å². The molecule has 0 radical (unpaired) electrons. The first kappa shape index (κ1) is 11.9. The van der Waals surface area contributed by atoms with Crippen molar-refractivity contribution in [1.82, 2.24) is 4.90 Å². The molecule has 5 heteroatoms. The van der Waals surface area contributed by atoms with Gasteiger partial charge in [-0.05, 0) is 17.3 Å². The summed E-state index contributed by atoms with van der Waals surface area (Å²) in [7, 11) is 1.86. The molecule has 0 saturated carbocycles. The molecule has 4 nitrogen and oxygen atoms in total. The van der Waals surface area contributed by atoms with Crippen LogP contribution in [0.2, 0.25) is 13.1 Å². The quantitative estimate of drug-likeness (QED) is 0.570. The van der Waals surface area contributed by atoms with Crippen LogP contribution in [0.25, 0.3) is 0 Å². The van der Waals surface area contributed by atoms with Gasteiger partial charge < -0.3 is 4.74 Å². The van der Waals surface area contributed by atoms with Gasteiger partial charge in [-0.3, -0.25) is 14.5 Å². The highest BCUT2D eigenvalue weighted by Crippen LogP contribution is 2.24. The Bertz CT molecular complexity index is 511. The Balaban J connectivity index is 2.75. The second-order valence-corrected chi connectivity index (χ2v) is 7.31. The summed E-state index contributed by atoms with van der Waals surface area (Å²) in [5.74, 6) is 0.297. The molecule has 0 atom stereocenters. The van der Waals surface area contributed by atoms with Gasteiger partial charge in [0.1, 0.15) is 5.75 Å². The van der Waals surface area contributed by atoms with Gasteiger partial charge in [0.05, 0.1) is 27.0 Å². The van der Waals surface area contributed by atoms with Crippen LogP contribution in [0, 0.1) is 0 Å². The van der Waals surface area contributed by atoms with Crippen LogP contribution >= 0.6 is 0 Å². The highest BCUT2D eigenvalue weighted by molar-refractivity contribution is 6.73. The lowest BCUT2D eigenvalue weighted by atomic mass is 10.1. The molecular weight excluding hydrogens is 234 g/mol. The summed E-state index contributed by atoms with van der Waals surface area (Å²) >= 11 is 0. The monoisotopic (exact) mass is 249 g/mol. The van der Waals surface area contributed by atoms with Gasteiger partial charge in [-0.1, -0.05) is 13.1 Å². The molecule has 0 aliphatic carbocycles. The zero-order valence-corrected chi connectivity index (χ0v) is 11.6. The number of hydrogen-bond acceptors (Lipinski definition) is 3. The Morgan fingerprint density at radius 1 is 1.18 bits per heavy atom. The molecular formula is C12H15NO3Si. The molecule has 0 unspecified atom stereocenters. The minimum Gasteiger partial charge on any atom is -0.497 e. The summed E-state index contributed by atoms with van der Waals surface area (Å²) in [6.07, 6.45) is 0. The van der Waals surface area contributed by atoms with Gasteiger partial charge in [-0.15, -0.1) is 0 Å². The van der Waals surface area contributed by atoms with Crippen molar-refractivity contribution >= 4 is 25.8 Å². The van der Waals surface area contributed by atoms with Crippen molar-refractivity contribution in [2.75, 3.05) is 14.2 Å². The van der Waals surface area contributed by atoms with Gasteiger partial charge in [0.15, 0.2) is 0 Å². The largest absolute Gasteiger partial charge is 0.497 e. The topological polar surface area (TPSA) is 46.6 Å². The number of nitrogens with zero attached hydrogens (tertiary/aromatic N) is 1. The molecule has 0 N–H and O–H groups in total. The number of imide groups is 1. The summed E-state index contributed by atoms with van der Waals surface area (Å²) in [6.45, 7) is 4.24. The van der Waals surface area contributed by atoms with Crippen LogP contribution in [0.5, 0.6) is 5.75 Å². The van der Waals surface area contributed by atoms with Crippen LogP contribution in [0.4, 0.5) is 0 Å². The van der Waals surface area contributed by atoms with Crippen LogP contribution in [0.3, 0.4) is 0 Å². The van der Waals surface area contributed by atoms with Crippen molar-refractivity contribution in [3.05, 3.63) is 23.3 Å². The average Bonchev–Trinajstić information content (AvgIpc) is 2.53. The number of amides is 2. The molecule has 1 heterocycles. The van der Waals surface area contributed by atoms with Gasteiger partial charge in [0.25, 0.3) is 11.8 Å². The lowest BCUT2D eigenvalue weighted by Gasteiger charge is -2.14. The number of methoxy groups -OCH3 is 1. The molecule has 1 aromatic rings. The van der Waals surface area contributed by atoms with Crippen molar-refractivity contribution in [3.8, 4) is 5.75 Å². The van der Waals surface area contributed by atoms with E-state index in [1.807, 2.05) is 0 Å². The van der Waals surface area contributed by atoms with Crippen molar-refractivity contribution in [2.24, 2.45) is 0 Å². The van der Waals surface area contributed by atoms with Crippen LogP contribution < -0.4 is 9.92 Å². The fourth-order valence-corrected chi connectivity index (χ4v) is 3.84. The van der Waals surface area contributed by atoms with Crippen molar-refractivity contribution < 1.29 is 14.3 Å². The lowest BCUT2D eigenvalue weighted by Crippen LogP contribution is -2.32. The Hall–Kier alpha value is -1.62. The van der Waals surface area contributed by atoms with E-state index in [0.29, 0.717) is 11.1 Å². The Kier molecular flexibility index (Phi) is 2.78. The molecule has 2 rings (SSSR count). The van der Waals surface area contributed by atoms with E-state index >= 15 is 0 Å². The van der Waals surface area contributed by atoms with Gasteiger partial charge in [0.2, 0.25) is 0 Å². The van der Waals surface area contributed by atoms with E-state index in [4.69, 9.17) is 4.74 Å². The van der Waals surface area contributed by atoms with Gasteiger partial charge in [-0.25, -0.2) is 0 Å².